The Morgan fingerprint density at radius 2 is 2.10 bits per heavy atom. The number of carbonyl (C=O) groups is 1. The lowest BCUT2D eigenvalue weighted by atomic mass is 10.1. The molecule has 2 aromatic heterocycles. The molecule has 6 nitrogen and oxygen atoms in total. The SMILES string of the molecule is Cc1ccc(F)c(-c2cc(NC(=O)c3ccn[nH]3)n[nH]2)c1. The third kappa shape index (κ3) is 2.66. The van der Waals surface area contributed by atoms with Gasteiger partial charge in [0.2, 0.25) is 0 Å². The largest absolute Gasteiger partial charge is 0.304 e. The number of aromatic amines is 2. The lowest BCUT2D eigenvalue weighted by Crippen LogP contribution is -2.12. The Kier molecular flexibility index (Phi) is 3.23. The zero-order valence-electron chi connectivity index (χ0n) is 11.1. The summed E-state index contributed by atoms with van der Waals surface area (Å²) in [5.41, 5.74) is 2.16. The van der Waals surface area contributed by atoms with Crippen molar-refractivity contribution in [3.8, 4) is 11.3 Å². The van der Waals surface area contributed by atoms with E-state index >= 15 is 0 Å². The van der Waals surface area contributed by atoms with Crippen molar-refractivity contribution in [3.63, 3.8) is 0 Å². The van der Waals surface area contributed by atoms with Crippen LogP contribution < -0.4 is 5.32 Å². The van der Waals surface area contributed by atoms with Gasteiger partial charge in [-0.15, -0.1) is 0 Å². The summed E-state index contributed by atoms with van der Waals surface area (Å²) < 4.78 is 13.8. The summed E-state index contributed by atoms with van der Waals surface area (Å²) in [7, 11) is 0. The number of benzene rings is 1. The fourth-order valence-corrected chi connectivity index (χ4v) is 1.94. The van der Waals surface area contributed by atoms with Gasteiger partial charge in [0.1, 0.15) is 11.5 Å². The number of nitrogens with one attached hydrogen (secondary N) is 3. The van der Waals surface area contributed by atoms with Crippen molar-refractivity contribution in [2.75, 3.05) is 5.32 Å². The molecule has 0 spiro atoms. The molecule has 0 bridgehead atoms. The highest BCUT2D eigenvalue weighted by Gasteiger charge is 2.12. The van der Waals surface area contributed by atoms with Crippen LogP contribution in [-0.2, 0) is 0 Å². The van der Waals surface area contributed by atoms with Crippen molar-refractivity contribution in [3.05, 3.63) is 53.6 Å². The Bertz CT molecular complexity index is 779. The van der Waals surface area contributed by atoms with E-state index in [4.69, 9.17) is 0 Å². The molecular formula is C14H12FN5O. The number of hydrogen-bond donors (Lipinski definition) is 3. The van der Waals surface area contributed by atoms with Gasteiger partial charge in [0.15, 0.2) is 5.82 Å². The number of anilines is 1. The highest BCUT2D eigenvalue weighted by molar-refractivity contribution is 6.02. The zero-order chi connectivity index (χ0) is 14.8. The number of aryl methyl sites for hydroxylation is 1. The zero-order valence-corrected chi connectivity index (χ0v) is 11.1. The number of amides is 1. The maximum absolute atomic E-state index is 13.8. The van der Waals surface area contributed by atoms with Crippen LogP contribution in [0.1, 0.15) is 16.1 Å². The van der Waals surface area contributed by atoms with Crippen molar-refractivity contribution in [2.45, 2.75) is 6.92 Å². The molecule has 0 fully saturated rings. The van der Waals surface area contributed by atoms with Gasteiger partial charge in [-0.3, -0.25) is 15.0 Å². The number of aromatic nitrogens is 4. The smallest absolute Gasteiger partial charge is 0.274 e. The van der Waals surface area contributed by atoms with E-state index in [-0.39, 0.29) is 11.7 Å². The summed E-state index contributed by atoms with van der Waals surface area (Å²) in [6, 6.07) is 7.92. The first kappa shape index (κ1) is 13.0. The van der Waals surface area contributed by atoms with Crippen LogP contribution in [0.3, 0.4) is 0 Å². The molecule has 3 rings (SSSR count). The molecule has 0 saturated carbocycles. The first-order valence-electron chi connectivity index (χ1n) is 6.26. The van der Waals surface area contributed by atoms with E-state index in [2.05, 4.69) is 25.7 Å². The van der Waals surface area contributed by atoms with Crippen molar-refractivity contribution in [1.29, 1.82) is 0 Å². The third-order valence-corrected chi connectivity index (χ3v) is 2.98. The molecule has 0 saturated heterocycles. The van der Waals surface area contributed by atoms with Crippen molar-refractivity contribution in [1.82, 2.24) is 20.4 Å². The van der Waals surface area contributed by atoms with Gasteiger partial charge in [-0.1, -0.05) is 11.6 Å². The maximum Gasteiger partial charge on any atom is 0.274 e. The van der Waals surface area contributed by atoms with Gasteiger partial charge in [-0.25, -0.2) is 4.39 Å². The Morgan fingerprint density at radius 3 is 2.86 bits per heavy atom. The first-order valence-corrected chi connectivity index (χ1v) is 6.26. The van der Waals surface area contributed by atoms with Crippen LogP contribution in [0, 0.1) is 12.7 Å². The summed E-state index contributed by atoms with van der Waals surface area (Å²) in [6.45, 7) is 1.88. The van der Waals surface area contributed by atoms with E-state index in [1.165, 1.54) is 12.3 Å². The van der Waals surface area contributed by atoms with Crippen LogP contribution in [0.15, 0.2) is 36.5 Å². The van der Waals surface area contributed by atoms with E-state index in [0.717, 1.165) is 5.56 Å². The minimum Gasteiger partial charge on any atom is -0.304 e. The molecule has 0 aliphatic rings. The molecule has 0 aliphatic carbocycles. The molecule has 1 aromatic carbocycles. The monoisotopic (exact) mass is 285 g/mol. The number of H-pyrrole nitrogens is 2. The van der Waals surface area contributed by atoms with Gasteiger partial charge in [-0.2, -0.15) is 10.2 Å². The normalized spacial score (nSPS) is 10.6. The Hall–Kier alpha value is -2.96. The fraction of sp³-hybridized carbons (Fsp3) is 0.0714. The van der Waals surface area contributed by atoms with Crippen molar-refractivity contribution >= 4 is 11.7 Å². The lowest BCUT2D eigenvalue weighted by molar-refractivity contribution is 0.102. The summed E-state index contributed by atoms with van der Waals surface area (Å²) >= 11 is 0. The average molecular weight is 285 g/mol. The van der Waals surface area contributed by atoms with E-state index in [1.807, 2.05) is 6.92 Å². The maximum atomic E-state index is 13.8. The molecule has 3 aromatic rings. The van der Waals surface area contributed by atoms with Crippen LogP contribution in [0.2, 0.25) is 0 Å². The molecule has 0 aliphatic heterocycles. The molecule has 0 unspecified atom stereocenters. The highest BCUT2D eigenvalue weighted by Crippen LogP contribution is 2.24. The van der Waals surface area contributed by atoms with Crippen LogP contribution in [-0.4, -0.2) is 26.3 Å². The number of hydrogen-bond acceptors (Lipinski definition) is 3. The van der Waals surface area contributed by atoms with E-state index < -0.39 is 0 Å². The Morgan fingerprint density at radius 1 is 1.24 bits per heavy atom. The second kappa shape index (κ2) is 5.20. The van der Waals surface area contributed by atoms with Crippen LogP contribution in [0.4, 0.5) is 10.2 Å². The third-order valence-electron chi connectivity index (χ3n) is 2.98. The summed E-state index contributed by atoms with van der Waals surface area (Å²) in [5, 5.41) is 15.5. The molecule has 0 atom stereocenters. The standard InChI is InChI=1S/C14H12FN5O/c1-8-2-3-10(15)9(6-8)12-7-13(20-19-12)17-14(21)11-4-5-16-18-11/h2-7H,1H3,(H,16,18)(H2,17,19,20,21). The number of rotatable bonds is 3. The predicted octanol–water partition coefficient (Wildman–Crippen LogP) is 2.50. The summed E-state index contributed by atoms with van der Waals surface area (Å²) in [4.78, 5) is 11.8. The van der Waals surface area contributed by atoms with Crippen molar-refractivity contribution in [2.24, 2.45) is 0 Å². The van der Waals surface area contributed by atoms with Crippen LogP contribution >= 0.6 is 0 Å². The quantitative estimate of drug-likeness (QED) is 0.691. The van der Waals surface area contributed by atoms with Gasteiger partial charge in [0.05, 0.1) is 5.69 Å². The molecule has 3 N–H and O–H groups in total. The van der Waals surface area contributed by atoms with Gasteiger partial charge in [0.25, 0.3) is 5.91 Å². The van der Waals surface area contributed by atoms with E-state index in [1.54, 1.807) is 24.3 Å². The van der Waals surface area contributed by atoms with Crippen LogP contribution in [0.25, 0.3) is 11.3 Å². The molecule has 21 heavy (non-hydrogen) atoms. The van der Waals surface area contributed by atoms with Gasteiger partial charge >= 0.3 is 0 Å². The first-order chi connectivity index (χ1) is 10.1. The topological polar surface area (TPSA) is 86.5 Å². The average Bonchev–Trinajstić information content (AvgIpc) is 3.12. The van der Waals surface area contributed by atoms with Crippen molar-refractivity contribution < 1.29 is 9.18 Å². The molecule has 0 radical (unpaired) electrons. The summed E-state index contributed by atoms with van der Waals surface area (Å²) in [6.07, 6.45) is 1.48. The highest BCUT2D eigenvalue weighted by atomic mass is 19.1. The second-order valence-corrected chi connectivity index (χ2v) is 4.57. The fourth-order valence-electron chi connectivity index (χ4n) is 1.94. The molecule has 1 amide bonds. The molecule has 7 heteroatoms. The lowest BCUT2D eigenvalue weighted by Gasteiger charge is -2.01. The Labute approximate surface area is 119 Å². The number of nitrogens with zero attached hydrogens (tertiary/aromatic N) is 2. The number of carbonyl (C=O) groups excluding carboxylic acids is 1. The van der Waals surface area contributed by atoms with Gasteiger partial charge in [0, 0.05) is 17.8 Å². The van der Waals surface area contributed by atoms with Gasteiger partial charge < -0.3 is 5.32 Å². The predicted molar refractivity (Wildman–Crippen MR) is 75.3 cm³/mol. The molecule has 106 valence electrons. The Balaban J connectivity index is 1.83. The summed E-state index contributed by atoms with van der Waals surface area (Å²) in [5.74, 6) is -0.406. The van der Waals surface area contributed by atoms with E-state index in [0.29, 0.717) is 22.8 Å². The molecule has 2 heterocycles. The van der Waals surface area contributed by atoms with Gasteiger partial charge in [-0.05, 0) is 25.1 Å². The molecular weight excluding hydrogens is 273 g/mol. The minimum absolute atomic E-state index is 0.311. The van der Waals surface area contributed by atoms with E-state index in [9.17, 15) is 9.18 Å². The van der Waals surface area contributed by atoms with Crippen LogP contribution in [0.5, 0.6) is 0 Å². The number of halogens is 1. The minimum atomic E-state index is -0.365. The second-order valence-electron chi connectivity index (χ2n) is 4.57.